The Kier molecular flexibility index (Phi) is 15.7. The summed E-state index contributed by atoms with van der Waals surface area (Å²) in [6.45, 7) is 8.52. The molecule has 5 rings (SSSR count). The van der Waals surface area contributed by atoms with Crippen LogP contribution in [-0.4, -0.2) is 35.6 Å². The van der Waals surface area contributed by atoms with Crippen LogP contribution in [0.5, 0.6) is 11.5 Å². The lowest BCUT2D eigenvalue weighted by molar-refractivity contribution is -0.141. The number of carbonyl (C=O) groups is 4. The van der Waals surface area contributed by atoms with E-state index in [2.05, 4.69) is 13.8 Å². The van der Waals surface area contributed by atoms with Gasteiger partial charge in [0.25, 0.3) is 0 Å². The number of hydrogen-bond donors (Lipinski definition) is 3. The molecule has 0 aromatic heterocycles. The van der Waals surface area contributed by atoms with Gasteiger partial charge in [-0.25, -0.2) is 9.59 Å². The van der Waals surface area contributed by atoms with Gasteiger partial charge in [-0.15, -0.1) is 0 Å². The van der Waals surface area contributed by atoms with E-state index in [1.165, 1.54) is 18.6 Å². The Labute approximate surface area is 324 Å². The van der Waals surface area contributed by atoms with Crippen LogP contribution in [0.15, 0.2) is 78.9 Å². The molecule has 2 fully saturated rings. The molecular weight excluding hydrogens is 697 g/mol. The molecule has 0 spiro atoms. The van der Waals surface area contributed by atoms with Gasteiger partial charge in [0.15, 0.2) is 0 Å². The molecule has 0 amide bonds. The van der Waals surface area contributed by atoms with E-state index in [1.54, 1.807) is 66.7 Å². The Morgan fingerprint density at radius 3 is 1.69 bits per heavy atom. The van der Waals surface area contributed by atoms with Crippen LogP contribution < -0.4 is 20.9 Å². The number of hydrogen-bond acceptors (Lipinski definition) is 9. The smallest absolute Gasteiger partial charge is 0.330 e. The zero-order valence-electron chi connectivity index (χ0n) is 32.5. The minimum Gasteiger partial charge on any atom is -0.478 e. The van der Waals surface area contributed by atoms with Crippen molar-refractivity contribution in [2.75, 3.05) is 18.1 Å². The molecule has 0 atom stereocenters. The van der Waals surface area contributed by atoms with Gasteiger partial charge < -0.3 is 30.8 Å². The van der Waals surface area contributed by atoms with Crippen LogP contribution in [0.25, 0.3) is 12.2 Å². The second-order valence-electron chi connectivity index (χ2n) is 15.4. The van der Waals surface area contributed by atoms with E-state index >= 15 is 0 Å². The van der Waals surface area contributed by atoms with Crippen LogP contribution in [-0.2, 0) is 29.3 Å². The lowest BCUT2D eigenvalue weighted by Crippen LogP contribution is -2.27. The molecule has 0 saturated heterocycles. The molecule has 55 heavy (non-hydrogen) atoms. The predicted octanol–water partition coefficient (Wildman–Crippen LogP) is 9.02. The molecule has 2 aliphatic rings. The van der Waals surface area contributed by atoms with Gasteiger partial charge in [0.2, 0.25) is 0 Å². The normalized spacial score (nSPS) is 19.9. The molecule has 0 radical (unpaired) electrons. The fraction of sp³-hybridized carbons (Fsp3) is 0.422. The first-order valence-electron chi connectivity index (χ1n) is 19.3. The van der Waals surface area contributed by atoms with Gasteiger partial charge in [-0.2, -0.15) is 0 Å². The van der Waals surface area contributed by atoms with Gasteiger partial charge in [0, 0.05) is 28.9 Å². The third-order valence-corrected chi connectivity index (χ3v) is 10.5. The lowest BCUT2D eigenvalue weighted by Gasteiger charge is -2.26. The summed E-state index contributed by atoms with van der Waals surface area (Å²) in [7, 11) is 0. The van der Waals surface area contributed by atoms with Crippen molar-refractivity contribution in [3.63, 3.8) is 0 Å². The Balaban J connectivity index is 0.000000274. The van der Waals surface area contributed by atoms with Crippen molar-refractivity contribution >= 4 is 47.4 Å². The number of carboxylic acid groups (broad SMARTS) is 1. The number of benzene rings is 3. The van der Waals surface area contributed by atoms with E-state index in [0.29, 0.717) is 28.8 Å². The van der Waals surface area contributed by atoms with Crippen molar-refractivity contribution < 1.29 is 38.5 Å². The van der Waals surface area contributed by atoms with Crippen LogP contribution in [0.3, 0.4) is 0 Å². The highest BCUT2D eigenvalue weighted by molar-refractivity contribution is 5.87. The molecule has 0 unspecified atom stereocenters. The molecule has 294 valence electrons. The SMILES string of the molecule is CC1CCC(C(=O)Oc2ccc(/C=C/C(=O)O)cc2)CC1.CCC1CCC(C(=O)Oc2ccc(/C=C/C(=O)OCC(C)(C)c3ccc(N)cc3N)cc2)CC1. The summed E-state index contributed by atoms with van der Waals surface area (Å²) in [4.78, 5) is 47.2. The third kappa shape index (κ3) is 13.8. The molecule has 2 saturated carbocycles. The van der Waals surface area contributed by atoms with Gasteiger partial charge >= 0.3 is 23.9 Å². The zero-order chi connectivity index (χ0) is 40.0. The fourth-order valence-electron chi connectivity index (χ4n) is 6.90. The molecule has 3 aromatic rings. The van der Waals surface area contributed by atoms with Crippen LogP contribution in [0, 0.1) is 23.7 Å². The molecule has 0 aliphatic heterocycles. The fourth-order valence-corrected chi connectivity index (χ4v) is 6.90. The largest absolute Gasteiger partial charge is 0.478 e. The van der Waals surface area contributed by atoms with Crippen molar-refractivity contribution in [2.24, 2.45) is 23.7 Å². The maximum absolute atomic E-state index is 12.4. The highest BCUT2D eigenvalue weighted by atomic mass is 16.5. The Hall–Kier alpha value is -5.38. The van der Waals surface area contributed by atoms with Crippen molar-refractivity contribution in [1.29, 1.82) is 0 Å². The summed E-state index contributed by atoms with van der Waals surface area (Å²) in [5, 5.41) is 8.56. The van der Waals surface area contributed by atoms with E-state index in [9.17, 15) is 19.2 Å². The Morgan fingerprint density at radius 1 is 0.727 bits per heavy atom. The first-order valence-corrected chi connectivity index (χ1v) is 19.3. The molecule has 2 aliphatic carbocycles. The summed E-state index contributed by atoms with van der Waals surface area (Å²) in [5.41, 5.74) is 15.0. The number of carboxylic acids is 1. The number of anilines is 2. The lowest BCUT2D eigenvalue weighted by atomic mass is 9.81. The first-order chi connectivity index (χ1) is 26.2. The van der Waals surface area contributed by atoms with Crippen molar-refractivity contribution in [2.45, 2.75) is 90.9 Å². The number of carbonyl (C=O) groups excluding carboxylic acids is 3. The maximum Gasteiger partial charge on any atom is 0.330 e. The average molecular weight is 753 g/mol. The quantitative estimate of drug-likeness (QED) is 0.0703. The summed E-state index contributed by atoms with van der Waals surface area (Å²) in [5.74, 6) is 0.728. The van der Waals surface area contributed by atoms with Crippen molar-refractivity contribution in [3.05, 3.63) is 95.6 Å². The Morgan fingerprint density at radius 2 is 1.22 bits per heavy atom. The van der Waals surface area contributed by atoms with E-state index in [-0.39, 0.29) is 30.4 Å². The van der Waals surface area contributed by atoms with Crippen LogP contribution in [0.1, 0.15) is 102 Å². The zero-order valence-corrected chi connectivity index (χ0v) is 32.5. The van der Waals surface area contributed by atoms with Gasteiger partial charge in [0.1, 0.15) is 18.1 Å². The van der Waals surface area contributed by atoms with E-state index in [4.69, 9.17) is 30.8 Å². The number of nitrogen functional groups attached to an aromatic ring is 2. The summed E-state index contributed by atoms with van der Waals surface area (Å²) < 4.78 is 16.4. The summed E-state index contributed by atoms with van der Waals surface area (Å²) in [6.07, 6.45) is 14.8. The minimum absolute atomic E-state index is 0.00721. The van der Waals surface area contributed by atoms with Gasteiger partial charge in [-0.05, 0) is 128 Å². The standard InChI is InChI=1S/C28H36N2O4.C17H20O4/c1-4-19-5-10-21(11-6-19)27(32)34-23-13-7-20(8-14-23)9-16-26(31)33-18-28(2,3)24-15-12-22(29)17-25(24)30;1-12-2-7-14(8-3-12)17(20)21-15-9-4-13(5-10-15)6-11-16(18)19/h7-9,12-17,19,21H,4-6,10-11,18,29-30H2,1-3H3;4-6,9-12,14H,2-3,7-8H2,1H3,(H,18,19)/b16-9+;11-6+. The molecule has 0 heterocycles. The topological polar surface area (TPSA) is 168 Å². The van der Waals surface area contributed by atoms with Gasteiger partial charge in [-0.1, -0.05) is 64.4 Å². The van der Waals surface area contributed by atoms with Crippen LogP contribution in [0.2, 0.25) is 0 Å². The monoisotopic (exact) mass is 752 g/mol. The molecule has 0 bridgehead atoms. The second-order valence-corrected chi connectivity index (χ2v) is 15.4. The first kappa shape index (κ1) is 42.4. The Bertz CT molecular complexity index is 1800. The molecule has 10 heteroatoms. The van der Waals surface area contributed by atoms with Crippen LogP contribution >= 0.6 is 0 Å². The van der Waals surface area contributed by atoms with Gasteiger partial charge in [0.05, 0.1) is 11.8 Å². The van der Waals surface area contributed by atoms with Crippen LogP contribution in [0.4, 0.5) is 11.4 Å². The van der Waals surface area contributed by atoms with E-state index in [1.807, 2.05) is 19.9 Å². The molecule has 5 N–H and O–H groups in total. The summed E-state index contributed by atoms with van der Waals surface area (Å²) >= 11 is 0. The maximum atomic E-state index is 12.4. The summed E-state index contributed by atoms with van der Waals surface area (Å²) in [6, 6.07) is 19.3. The number of ether oxygens (including phenoxy) is 3. The number of esters is 3. The molecule has 3 aromatic carbocycles. The highest BCUT2D eigenvalue weighted by Crippen LogP contribution is 2.33. The van der Waals surface area contributed by atoms with E-state index in [0.717, 1.165) is 80.1 Å². The van der Waals surface area contributed by atoms with Gasteiger partial charge in [-0.3, -0.25) is 9.59 Å². The van der Waals surface area contributed by atoms with E-state index < -0.39 is 17.4 Å². The number of nitrogens with two attached hydrogens (primary N) is 2. The highest BCUT2D eigenvalue weighted by Gasteiger charge is 2.28. The number of aliphatic carboxylic acids is 1. The predicted molar refractivity (Wildman–Crippen MR) is 216 cm³/mol. The number of rotatable bonds is 12. The average Bonchev–Trinajstić information content (AvgIpc) is 3.17. The van der Waals surface area contributed by atoms with Crippen molar-refractivity contribution in [1.82, 2.24) is 0 Å². The molecular formula is C45H56N2O8. The molecule has 10 nitrogen and oxygen atoms in total. The minimum atomic E-state index is -0.989. The van der Waals surface area contributed by atoms with Crippen molar-refractivity contribution in [3.8, 4) is 11.5 Å². The second kappa shape index (κ2) is 20.3. The third-order valence-electron chi connectivity index (χ3n) is 10.5.